The molecule has 2 atom stereocenters. The summed E-state index contributed by atoms with van der Waals surface area (Å²) in [7, 11) is -3.81. The van der Waals surface area contributed by atoms with Gasteiger partial charge in [-0.2, -0.15) is 0 Å². The lowest BCUT2D eigenvalue weighted by Gasteiger charge is -2.34. The van der Waals surface area contributed by atoms with E-state index in [-0.39, 0.29) is 24.9 Å². The number of sulfonamides is 1. The molecule has 0 aliphatic carbocycles. The topological polar surface area (TPSA) is 86.8 Å². The highest BCUT2D eigenvalue weighted by atomic mass is 127. The lowest BCUT2D eigenvalue weighted by Crippen LogP contribution is -2.54. The molecule has 3 rings (SSSR count). The van der Waals surface area contributed by atoms with Crippen molar-refractivity contribution < 1.29 is 18.0 Å². The monoisotopic (exact) mass is 681 g/mol. The molecule has 0 heterocycles. The Labute approximate surface area is 249 Å². The molecule has 0 saturated carbocycles. The number of rotatable bonds is 12. The SMILES string of the molecule is CC[C@H](C)NC(=O)[C@H](Cc1ccccc1)N(Cc1ccccc1Cl)C(=O)CN(c1ccc(I)cc1)S(C)(=O)=O. The summed E-state index contributed by atoms with van der Waals surface area (Å²) in [4.78, 5) is 29.1. The first-order valence-electron chi connectivity index (χ1n) is 12.6. The van der Waals surface area contributed by atoms with Crippen LogP contribution in [0.1, 0.15) is 31.4 Å². The van der Waals surface area contributed by atoms with E-state index in [2.05, 4.69) is 27.9 Å². The van der Waals surface area contributed by atoms with Gasteiger partial charge in [-0.1, -0.05) is 67.1 Å². The number of halogens is 2. The van der Waals surface area contributed by atoms with Gasteiger partial charge in [-0.15, -0.1) is 0 Å². The van der Waals surface area contributed by atoms with Crippen molar-refractivity contribution in [2.75, 3.05) is 17.1 Å². The van der Waals surface area contributed by atoms with Gasteiger partial charge in [-0.25, -0.2) is 8.42 Å². The van der Waals surface area contributed by atoms with E-state index < -0.39 is 28.5 Å². The van der Waals surface area contributed by atoms with Crippen molar-refractivity contribution in [2.24, 2.45) is 0 Å². The molecule has 1 N–H and O–H groups in total. The standard InChI is InChI=1S/C29H33ClIN3O4S/c1-4-21(2)32-29(36)27(18-22-10-6-5-7-11-22)33(19-23-12-8-9-13-26(23)30)28(35)20-34(39(3,37)38)25-16-14-24(31)15-17-25/h5-17,21,27H,4,18-20H2,1-3H3,(H,32,36)/t21-,27-/m0/s1. The maximum absolute atomic E-state index is 14.0. The fourth-order valence-corrected chi connectivity index (χ4v) is 5.43. The van der Waals surface area contributed by atoms with Gasteiger partial charge >= 0.3 is 0 Å². The number of amides is 2. The predicted molar refractivity (Wildman–Crippen MR) is 165 cm³/mol. The van der Waals surface area contributed by atoms with Crippen molar-refractivity contribution in [1.29, 1.82) is 0 Å². The zero-order valence-corrected chi connectivity index (χ0v) is 25.9. The van der Waals surface area contributed by atoms with E-state index in [1.807, 2.05) is 50.2 Å². The molecule has 0 aromatic heterocycles. The fourth-order valence-electron chi connectivity index (χ4n) is 4.03. The first kappa shape index (κ1) is 30.9. The van der Waals surface area contributed by atoms with Crippen LogP contribution in [0, 0.1) is 3.57 Å². The third kappa shape index (κ3) is 8.94. The second kappa shape index (κ2) is 14.1. The van der Waals surface area contributed by atoms with E-state index in [9.17, 15) is 18.0 Å². The van der Waals surface area contributed by atoms with Crippen LogP contribution in [0.15, 0.2) is 78.9 Å². The van der Waals surface area contributed by atoms with Gasteiger partial charge in [0.1, 0.15) is 12.6 Å². The number of carbonyl (C=O) groups is 2. The van der Waals surface area contributed by atoms with Gasteiger partial charge in [0.25, 0.3) is 0 Å². The molecule has 0 saturated heterocycles. The van der Waals surface area contributed by atoms with Crippen molar-refractivity contribution in [3.8, 4) is 0 Å². The molecule has 0 unspecified atom stereocenters. The normalized spacial score (nSPS) is 12.8. The Morgan fingerprint density at radius 2 is 1.59 bits per heavy atom. The lowest BCUT2D eigenvalue weighted by atomic mass is 10.0. The number of benzene rings is 3. The first-order chi connectivity index (χ1) is 18.5. The highest BCUT2D eigenvalue weighted by Crippen LogP contribution is 2.23. The zero-order chi connectivity index (χ0) is 28.6. The Balaban J connectivity index is 2.06. The van der Waals surface area contributed by atoms with Crippen LogP contribution < -0.4 is 9.62 Å². The molecule has 0 spiro atoms. The van der Waals surface area contributed by atoms with Crippen LogP contribution in [0.4, 0.5) is 5.69 Å². The van der Waals surface area contributed by atoms with Crippen LogP contribution in [0.25, 0.3) is 0 Å². The third-order valence-corrected chi connectivity index (χ3v) is 8.59. The largest absolute Gasteiger partial charge is 0.352 e. The van der Waals surface area contributed by atoms with Crippen LogP contribution in [0.3, 0.4) is 0 Å². The second-order valence-corrected chi connectivity index (χ2v) is 12.9. The van der Waals surface area contributed by atoms with E-state index in [1.165, 1.54) is 4.90 Å². The number of carbonyl (C=O) groups excluding carboxylic acids is 2. The summed E-state index contributed by atoms with van der Waals surface area (Å²) < 4.78 is 27.6. The van der Waals surface area contributed by atoms with Crippen molar-refractivity contribution in [1.82, 2.24) is 10.2 Å². The summed E-state index contributed by atoms with van der Waals surface area (Å²) in [5.74, 6) is -0.826. The number of hydrogen-bond donors (Lipinski definition) is 1. The highest BCUT2D eigenvalue weighted by molar-refractivity contribution is 14.1. The number of nitrogens with zero attached hydrogens (tertiary/aromatic N) is 2. The average molecular weight is 682 g/mol. The third-order valence-electron chi connectivity index (χ3n) is 6.36. The Morgan fingerprint density at radius 3 is 2.18 bits per heavy atom. The number of hydrogen-bond acceptors (Lipinski definition) is 4. The maximum Gasteiger partial charge on any atom is 0.244 e. The summed E-state index contributed by atoms with van der Waals surface area (Å²) in [5, 5.41) is 3.46. The Bertz CT molecular complexity index is 1370. The highest BCUT2D eigenvalue weighted by Gasteiger charge is 2.33. The lowest BCUT2D eigenvalue weighted by molar-refractivity contribution is -0.140. The molecule has 0 aliphatic rings. The van der Waals surface area contributed by atoms with Crippen molar-refractivity contribution in [3.05, 3.63) is 98.6 Å². The minimum absolute atomic E-state index is 0.0359. The van der Waals surface area contributed by atoms with E-state index in [1.54, 1.807) is 42.5 Å². The van der Waals surface area contributed by atoms with E-state index in [4.69, 9.17) is 11.6 Å². The molecule has 0 fully saturated rings. The van der Waals surface area contributed by atoms with Gasteiger partial charge in [-0.3, -0.25) is 13.9 Å². The van der Waals surface area contributed by atoms with Crippen LogP contribution in [0.5, 0.6) is 0 Å². The molecular formula is C29H33ClIN3O4S. The van der Waals surface area contributed by atoms with Gasteiger partial charge < -0.3 is 10.2 Å². The molecule has 208 valence electrons. The molecule has 39 heavy (non-hydrogen) atoms. The van der Waals surface area contributed by atoms with Crippen molar-refractivity contribution in [2.45, 2.75) is 45.3 Å². The van der Waals surface area contributed by atoms with E-state index >= 15 is 0 Å². The molecule has 3 aromatic carbocycles. The van der Waals surface area contributed by atoms with Gasteiger partial charge in [-0.05, 0) is 77.4 Å². The summed E-state index contributed by atoms with van der Waals surface area (Å²) in [5.41, 5.74) is 1.89. The average Bonchev–Trinajstić information content (AvgIpc) is 2.90. The van der Waals surface area contributed by atoms with Crippen LogP contribution in [-0.2, 0) is 32.6 Å². The van der Waals surface area contributed by atoms with Gasteiger partial charge in [0, 0.05) is 27.6 Å². The summed E-state index contributed by atoms with van der Waals surface area (Å²) in [6, 6.07) is 22.4. The fraction of sp³-hybridized carbons (Fsp3) is 0.310. The number of anilines is 1. The number of nitrogens with one attached hydrogen (secondary N) is 1. The van der Waals surface area contributed by atoms with Gasteiger partial charge in [0.2, 0.25) is 21.8 Å². The maximum atomic E-state index is 14.0. The van der Waals surface area contributed by atoms with Crippen LogP contribution in [0.2, 0.25) is 5.02 Å². The predicted octanol–water partition coefficient (Wildman–Crippen LogP) is 5.27. The second-order valence-electron chi connectivity index (χ2n) is 9.38. The molecule has 0 aliphatic heterocycles. The summed E-state index contributed by atoms with van der Waals surface area (Å²) in [6.07, 6.45) is 2.03. The van der Waals surface area contributed by atoms with Crippen molar-refractivity contribution >= 4 is 61.7 Å². The Kier molecular flexibility index (Phi) is 11.2. The molecule has 7 nitrogen and oxygen atoms in total. The molecule has 10 heteroatoms. The minimum atomic E-state index is -3.81. The first-order valence-corrected chi connectivity index (χ1v) is 15.9. The van der Waals surface area contributed by atoms with Gasteiger partial charge in [0.15, 0.2) is 0 Å². The summed E-state index contributed by atoms with van der Waals surface area (Å²) in [6.45, 7) is 3.44. The Morgan fingerprint density at radius 1 is 0.974 bits per heavy atom. The van der Waals surface area contributed by atoms with Crippen LogP contribution in [-0.4, -0.2) is 50.0 Å². The Hall–Kier alpha value is -2.63. The van der Waals surface area contributed by atoms with E-state index in [0.717, 1.165) is 26.1 Å². The zero-order valence-electron chi connectivity index (χ0n) is 22.2. The molecule has 2 amide bonds. The quantitative estimate of drug-likeness (QED) is 0.264. The smallest absolute Gasteiger partial charge is 0.244 e. The van der Waals surface area contributed by atoms with E-state index in [0.29, 0.717) is 16.3 Å². The van der Waals surface area contributed by atoms with Crippen molar-refractivity contribution in [3.63, 3.8) is 0 Å². The molecule has 3 aromatic rings. The summed E-state index contributed by atoms with van der Waals surface area (Å²) >= 11 is 8.60. The molecule has 0 radical (unpaired) electrons. The van der Waals surface area contributed by atoms with Crippen LogP contribution >= 0.6 is 34.2 Å². The van der Waals surface area contributed by atoms with Gasteiger partial charge in [0.05, 0.1) is 11.9 Å². The molecule has 0 bridgehead atoms. The minimum Gasteiger partial charge on any atom is -0.352 e. The molecular weight excluding hydrogens is 649 g/mol.